The molecule has 0 saturated heterocycles. The van der Waals surface area contributed by atoms with Crippen molar-refractivity contribution in [1.29, 1.82) is 0 Å². The number of hydrogen-bond donors (Lipinski definition) is 1. The van der Waals surface area contributed by atoms with Gasteiger partial charge in [-0.2, -0.15) is 0 Å². The lowest BCUT2D eigenvalue weighted by atomic mass is 10.1. The number of methoxy groups -OCH3 is 3. The SMILES string of the molecule is COc1cc(CC(=O)N(C)CC(=O)Nc2cccc(C)c2C)cc(OC)c1OC. The average molecular weight is 400 g/mol. The predicted octanol–water partition coefficient (Wildman–Crippen LogP) is 2.97. The fraction of sp³-hybridized carbons (Fsp3) is 0.364. The Morgan fingerprint density at radius 3 is 2.17 bits per heavy atom. The highest BCUT2D eigenvalue weighted by molar-refractivity contribution is 5.95. The normalized spacial score (nSPS) is 10.3. The van der Waals surface area contributed by atoms with Crippen LogP contribution in [0, 0.1) is 13.8 Å². The van der Waals surface area contributed by atoms with Crippen LogP contribution in [0.4, 0.5) is 5.69 Å². The van der Waals surface area contributed by atoms with E-state index < -0.39 is 0 Å². The maximum Gasteiger partial charge on any atom is 0.243 e. The molecular weight excluding hydrogens is 372 g/mol. The number of ether oxygens (including phenoxy) is 3. The molecule has 156 valence electrons. The summed E-state index contributed by atoms with van der Waals surface area (Å²) in [5, 5.41) is 2.86. The first kappa shape index (κ1) is 22.1. The van der Waals surface area contributed by atoms with Crippen LogP contribution in [0.3, 0.4) is 0 Å². The zero-order valence-corrected chi connectivity index (χ0v) is 17.8. The highest BCUT2D eigenvalue weighted by Gasteiger charge is 2.18. The van der Waals surface area contributed by atoms with Crippen LogP contribution in [0.25, 0.3) is 0 Å². The number of rotatable bonds is 8. The summed E-state index contributed by atoms with van der Waals surface area (Å²) in [4.78, 5) is 26.4. The van der Waals surface area contributed by atoms with Crippen molar-refractivity contribution in [2.45, 2.75) is 20.3 Å². The van der Waals surface area contributed by atoms with Crippen LogP contribution in [-0.4, -0.2) is 51.6 Å². The summed E-state index contributed by atoms with van der Waals surface area (Å²) in [6.45, 7) is 3.89. The summed E-state index contributed by atoms with van der Waals surface area (Å²) >= 11 is 0. The van der Waals surface area contributed by atoms with E-state index in [2.05, 4.69) is 5.32 Å². The number of nitrogens with one attached hydrogen (secondary N) is 1. The fourth-order valence-electron chi connectivity index (χ4n) is 2.93. The van der Waals surface area contributed by atoms with Gasteiger partial charge in [-0.05, 0) is 48.7 Å². The second kappa shape index (κ2) is 9.82. The average Bonchev–Trinajstić information content (AvgIpc) is 2.70. The summed E-state index contributed by atoms with van der Waals surface area (Å²) in [7, 11) is 6.16. The van der Waals surface area contributed by atoms with Gasteiger partial charge in [-0.3, -0.25) is 9.59 Å². The largest absolute Gasteiger partial charge is 0.493 e. The molecule has 29 heavy (non-hydrogen) atoms. The first-order valence-electron chi connectivity index (χ1n) is 9.19. The summed E-state index contributed by atoms with van der Waals surface area (Å²) in [5.41, 5.74) is 3.55. The van der Waals surface area contributed by atoms with Gasteiger partial charge in [-0.1, -0.05) is 12.1 Å². The van der Waals surface area contributed by atoms with Crippen molar-refractivity contribution in [2.75, 3.05) is 40.2 Å². The number of amides is 2. The molecule has 0 aliphatic heterocycles. The molecule has 0 aliphatic carbocycles. The fourth-order valence-corrected chi connectivity index (χ4v) is 2.93. The van der Waals surface area contributed by atoms with E-state index in [0.29, 0.717) is 22.8 Å². The number of aryl methyl sites for hydroxylation is 1. The lowest BCUT2D eigenvalue weighted by Gasteiger charge is -2.19. The summed E-state index contributed by atoms with van der Waals surface area (Å²) in [6, 6.07) is 9.17. The zero-order chi connectivity index (χ0) is 21.6. The van der Waals surface area contributed by atoms with Gasteiger partial charge in [0.05, 0.1) is 34.3 Å². The lowest BCUT2D eigenvalue weighted by Crippen LogP contribution is -2.36. The summed E-state index contributed by atoms with van der Waals surface area (Å²) < 4.78 is 15.9. The van der Waals surface area contributed by atoms with Gasteiger partial charge in [0.25, 0.3) is 0 Å². The number of benzene rings is 2. The molecule has 0 aromatic heterocycles. The minimum Gasteiger partial charge on any atom is -0.493 e. The molecule has 0 bridgehead atoms. The second-order valence-electron chi connectivity index (χ2n) is 6.76. The third-order valence-corrected chi connectivity index (χ3v) is 4.77. The van der Waals surface area contributed by atoms with Crippen molar-refractivity contribution < 1.29 is 23.8 Å². The number of hydrogen-bond acceptors (Lipinski definition) is 5. The maximum absolute atomic E-state index is 12.6. The molecule has 0 atom stereocenters. The van der Waals surface area contributed by atoms with Crippen molar-refractivity contribution >= 4 is 17.5 Å². The van der Waals surface area contributed by atoms with Gasteiger partial charge in [0, 0.05) is 12.7 Å². The molecule has 0 radical (unpaired) electrons. The third-order valence-electron chi connectivity index (χ3n) is 4.77. The van der Waals surface area contributed by atoms with E-state index in [0.717, 1.165) is 16.8 Å². The molecule has 0 fully saturated rings. The van der Waals surface area contributed by atoms with E-state index in [1.165, 1.54) is 26.2 Å². The second-order valence-corrected chi connectivity index (χ2v) is 6.76. The number of nitrogens with zero attached hydrogens (tertiary/aromatic N) is 1. The first-order valence-corrected chi connectivity index (χ1v) is 9.19. The van der Waals surface area contributed by atoms with Gasteiger partial charge in [-0.15, -0.1) is 0 Å². The van der Waals surface area contributed by atoms with Crippen LogP contribution in [0.1, 0.15) is 16.7 Å². The van der Waals surface area contributed by atoms with Gasteiger partial charge in [0.1, 0.15) is 0 Å². The highest BCUT2D eigenvalue weighted by Crippen LogP contribution is 2.38. The van der Waals surface area contributed by atoms with Crippen molar-refractivity contribution in [1.82, 2.24) is 4.90 Å². The molecule has 0 saturated carbocycles. The Bertz CT molecular complexity index is 870. The number of anilines is 1. The van der Waals surface area contributed by atoms with E-state index in [1.807, 2.05) is 32.0 Å². The molecule has 0 spiro atoms. The van der Waals surface area contributed by atoms with Gasteiger partial charge in [0.2, 0.25) is 17.6 Å². The molecule has 1 N–H and O–H groups in total. The minimum absolute atomic E-state index is 0.0450. The van der Waals surface area contributed by atoms with Crippen molar-refractivity contribution in [3.63, 3.8) is 0 Å². The predicted molar refractivity (Wildman–Crippen MR) is 112 cm³/mol. The molecule has 7 nitrogen and oxygen atoms in total. The highest BCUT2D eigenvalue weighted by atomic mass is 16.5. The maximum atomic E-state index is 12.6. The Kier molecular flexibility index (Phi) is 7.47. The van der Waals surface area contributed by atoms with E-state index >= 15 is 0 Å². The quantitative estimate of drug-likeness (QED) is 0.737. The summed E-state index contributed by atoms with van der Waals surface area (Å²) in [5.74, 6) is 0.970. The molecule has 2 aromatic carbocycles. The minimum atomic E-state index is -0.251. The van der Waals surface area contributed by atoms with E-state index in [4.69, 9.17) is 14.2 Å². The van der Waals surface area contributed by atoms with Gasteiger partial charge in [-0.25, -0.2) is 0 Å². The van der Waals surface area contributed by atoms with E-state index in [-0.39, 0.29) is 24.8 Å². The number of carbonyl (C=O) groups is 2. The Hall–Kier alpha value is -3.22. The Morgan fingerprint density at radius 2 is 1.62 bits per heavy atom. The molecular formula is C22H28N2O5. The topological polar surface area (TPSA) is 77.1 Å². The van der Waals surface area contributed by atoms with Crippen LogP contribution in [0.2, 0.25) is 0 Å². The van der Waals surface area contributed by atoms with Crippen LogP contribution < -0.4 is 19.5 Å². The van der Waals surface area contributed by atoms with Gasteiger partial charge >= 0.3 is 0 Å². The van der Waals surface area contributed by atoms with Crippen molar-refractivity contribution in [3.05, 3.63) is 47.0 Å². The van der Waals surface area contributed by atoms with Gasteiger partial charge in [0.15, 0.2) is 11.5 Å². The van der Waals surface area contributed by atoms with Crippen LogP contribution in [-0.2, 0) is 16.0 Å². The lowest BCUT2D eigenvalue weighted by molar-refractivity contribution is -0.132. The standard InChI is InChI=1S/C22H28N2O5/c1-14-8-7-9-17(15(14)2)23-20(25)13-24(3)21(26)12-16-10-18(27-4)22(29-6)19(11-16)28-5/h7-11H,12-13H2,1-6H3,(H,23,25). The van der Waals surface area contributed by atoms with Crippen LogP contribution >= 0.6 is 0 Å². The molecule has 0 heterocycles. The number of likely N-dealkylation sites (N-methyl/N-ethyl adjacent to an activating group) is 1. The van der Waals surface area contributed by atoms with Crippen LogP contribution in [0.5, 0.6) is 17.2 Å². The zero-order valence-electron chi connectivity index (χ0n) is 17.8. The molecule has 0 unspecified atom stereocenters. The molecule has 2 rings (SSSR count). The molecule has 2 aromatic rings. The van der Waals surface area contributed by atoms with Crippen molar-refractivity contribution in [3.8, 4) is 17.2 Å². The first-order chi connectivity index (χ1) is 13.8. The smallest absolute Gasteiger partial charge is 0.243 e. The van der Waals surface area contributed by atoms with Gasteiger partial charge < -0.3 is 24.4 Å². The Balaban J connectivity index is 2.05. The monoisotopic (exact) mass is 400 g/mol. The number of carbonyl (C=O) groups excluding carboxylic acids is 2. The Labute approximate surface area is 171 Å². The van der Waals surface area contributed by atoms with Crippen molar-refractivity contribution in [2.24, 2.45) is 0 Å². The summed E-state index contributed by atoms with van der Waals surface area (Å²) in [6.07, 6.45) is 0.101. The van der Waals surface area contributed by atoms with E-state index in [1.54, 1.807) is 19.2 Å². The van der Waals surface area contributed by atoms with E-state index in [9.17, 15) is 9.59 Å². The Morgan fingerprint density at radius 1 is 1.00 bits per heavy atom. The van der Waals surface area contributed by atoms with Crippen LogP contribution in [0.15, 0.2) is 30.3 Å². The third kappa shape index (κ3) is 5.40. The molecule has 7 heteroatoms. The molecule has 2 amide bonds. The molecule has 0 aliphatic rings.